The monoisotopic (exact) mass is 484 g/mol. The van der Waals surface area contributed by atoms with Crippen LogP contribution >= 0.6 is 34.5 Å². The molecule has 0 amide bonds. The highest BCUT2D eigenvalue weighted by atomic mass is 35.5. The summed E-state index contributed by atoms with van der Waals surface area (Å²) in [5, 5.41) is 2.09. The lowest BCUT2D eigenvalue weighted by molar-refractivity contribution is -0.142. The van der Waals surface area contributed by atoms with Crippen molar-refractivity contribution < 1.29 is 18.0 Å². The van der Waals surface area contributed by atoms with Gasteiger partial charge in [0.2, 0.25) is 0 Å². The Balaban J connectivity index is 1.60. The SMILES string of the molecule is Cc1ccc(N2NOC(=O)C2S(=O)(=O)Nc2nc(-c3ccc(Cl)cc3Cl)cs2)cc1. The number of thiazole rings is 1. The molecule has 12 heteroatoms. The maximum atomic E-state index is 13.0. The Hall–Kier alpha value is -2.37. The fraction of sp³-hybridized carbons (Fsp3) is 0.111. The summed E-state index contributed by atoms with van der Waals surface area (Å²) in [4.78, 5) is 21.2. The molecule has 1 fully saturated rings. The number of halogens is 2. The van der Waals surface area contributed by atoms with Gasteiger partial charge in [-0.2, -0.15) is 0 Å². The molecule has 0 aliphatic carbocycles. The van der Waals surface area contributed by atoms with Crippen molar-refractivity contribution in [3.05, 3.63) is 63.5 Å². The minimum Gasteiger partial charge on any atom is -0.347 e. The van der Waals surface area contributed by atoms with E-state index in [1.165, 1.54) is 0 Å². The van der Waals surface area contributed by atoms with E-state index in [0.717, 1.165) is 21.9 Å². The molecule has 2 N–H and O–H groups in total. The topological polar surface area (TPSA) is 101 Å². The van der Waals surface area contributed by atoms with Crippen LogP contribution in [-0.2, 0) is 19.7 Å². The molecule has 1 aliphatic heterocycles. The number of rotatable bonds is 5. The summed E-state index contributed by atoms with van der Waals surface area (Å²) in [5.41, 5.74) is 4.86. The molecule has 0 radical (unpaired) electrons. The van der Waals surface area contributed by atoms with Gasteiger partial charge in [0.15, 0.2) is 5.13 Å². The van der Waals surface area contributed by atoms with Crippen LogP contribution in [-0.4, -0.2) is 24.7 Å². The number of nitrogens with one attached hydrogen (secondary N) is 2. The number of sulfonamides is 1. The maximum Gasteiger partial charge on any atom is 0.368 e. The summed E-state index contributed by atoms with van der Waals surface area (Å²) in [6.07, 6.45) is 0. The van der Waals surface area contributed by atoms with Gasteiger partial charge in [0, 0.05) is 16.0 Å². The first kappa shape index (κ1) is 20.9. The summed E-state index contributed by atoms with van der Waals surface area (Å²) in [6.45, 7) is 1.89. The number of carbonyl (C=O) groups is 1. The number of hydrazine groups is 1. The van der Waals surface area contributed by atoms with E-state index in [2.05, 4.69) is 15.3 Å². The molecule has 0 spiro atoms. The standard InChI is InChI=1S/C18H14Cl2N4O4S2/c1-10-2-5-12(6-3-10)24-16(17(25)28-23-24)30(26,27)22-18-21-15(9-29-18)13-7-4-11(19)8-14(13)20/h2-9,16,23H,1H3,(H,21,22). The fourth-order valence-electron chi connectivity index (χ4n) is 2.78. The van der Waals surface area contributed by atoms with E-state index < -0.39 is 21.4 Å². The third kappa shape index (κ3) is 4.09. The van der Waals surface area contributed by atoms with E-state index in [1.807, 2.05) is 6.92 Å². The van der Waals surface area contributed by atoms with Crippen molar-refractivity contribution in [2.24, 2.45) is 0 Å². The summed E-state index contributed by atoms with van der Waals surface area (Å²) >= 11 is 13.2. The zero-order valence-corrected chi connectivity index (χ0v) is 18.4. The van der Waals surface area contributed by atoms with E-state index in [0.29, 0.717) is 27.0 Å². The van der Waals surface area contributed by atoms with Gasteiger partial charge in [-0.1, -0.05) is 46.5 Å². The van der Waals surface area contributed by atoms with E-state index in [4.69, 9.17) is 28.0 Å². The largest absolute Gasteiger partial charge is 0.368 e. The lowest BCUT2D eigenvalue weighted by Gasteiger charge is -2.21. The van der Waals surface area contributed by atoms with Gasteiger partial charge >= 0.3 is 5.97 Å². The van der Waals surface area contributed by atoms with Crippen LogP contribution in [0.15, 0.2) is 47.8 Å². The number of carbonyl (C=O) groups excluding carboxylic acids is 1. The predicted molar refractivity (Wildman–Crippen MR) is 117 cm³/mol. The van der Waals surface area contributed by atoms with Gasteiger partial charge in [0.25, 0.3) is 15.4 Å². The molecule has 1 saturated heterocycles. The molecular formula is C18H14Cl2N4O4S2. The maximum absolute atomic E-state index is 13.0. The van der Waals surface area contributed by atoms with Crippen molar-refractivity contribution in [3.63, 3.8) is 0 Å². The van der Waals surface area contributed by atoms with Crippen LogP contribution in [0.2, 0.25) is 10.0 Å². The van der Waals surface area contributed by atoms with Gasteiger partial charge in [-0.15, -0.1) is 11.3 Å². The highest BCUT2D eigenvalue weighted by Gasteiger charge is 2.46. The lowest BCUT2D eigenvalue weighted by Crippen LogP contribution is -2.46. The minimum atomic E-state index is -4.22. The molecule has 1 aromatic heterocycles. The summed E-state index contributed by atoms with van der Waals surface area (Å²) in [7, 11) is -4.22. The van der Waals surface area contributed by atoms with Crippen molar-refractivity contribution in [1.29, 1.82) is 0 Å². The molecule has 2 aromatic carbocycles. The average Bonchev–Trinajstić information content (AvgIpc) is 3.29. The van der Waals surface area contributed by atoms with Gasteiger partial charge < -0.3 is 4.84 Å². The third-order valence-corrected chi connectivity index (χ3v) is 7.13. The van der Waals surface area contributed by atoms with Crippen LogP contribution in [0.5, 0.6) is 0 Å². The van der Waals surface area contributed by atoms with Gasteiger partial charge in [-0.25, -0.2) is 23.2 Å². The average molecular weight is 485 g/mol. The van der Waals surface area contributed by atoms with Gasteiger partial charge in [-0.3, -0.25) is 4.72 Å². The molecule has 1 aliphatic rings. The van der Waals surface area contributed by atoms with Crippen molar-refractivity contribution in [2.45, 2.75) is 12.3 Å². The Kier molecular flexibility index (Phi) is 5.60. The van der Waals surface area contributed by atoms with Crippen LogP contribution < -0.4 is 15.3 Å². The molecule has 1 atom stereocenters. The quantitative estimate of drug-likeness (QED) is 0.564. The van der Waals surface area contributed by atoms with Crippen LogP contribution in [0.1, 0.15) is 5.56 Å². The second kappa shape index (κ2) is 8.05. The Morgan fingerprint density at radius 1 is 1.20 bits per heavy atom. The fourth-order valence-corrected chi connectivity index (χ4v) is 5.52. The number of anilines is 2. The van der Waals surface area contributed by atoms with Crippen molar-refractivity contribution in [2.75, 3.05) is 9.73 Å². The number of hydrogen-bond acceptors (Lipinski definition) is 8. The first-order valence-electron chi connectivity index (χ1n) is 8.49. The van der Waals surface area contributed by atoms with E-state index in [9.17, 15) is 13.2 Å². The number of nitrogens with zero attached hydrogens (tertiary/aromatic N) is 2. The number of aryl methyl sites for hydroxylation is 1. The van der Waals surface area contributed by atoms with Crippen LogP contribution in [0.4, 0.5) is 10.8 Å². The zero-order valence-electron chi connectivity index (χ0n) is 15.3. The van der Waals surface area contributed by atoms with Gasteiger partial charge in [0.1, 0.15) is 0 Å². The summed E-state index contributed by atoms with van der Waals surface area (Å²) < 4.78 is 28.3. The predicted octanol–water partition coefficient (Wildman–Crippen LogP) is 3.98. The zero-order chi connectivity index (χ0) is 21.5. The highest BCUT2D eigenvalue weighted by Crippen LogP contribution is 2.33. The molecule has 0 saturated carbocycles. The van der Waals surface area contributed by atoms with Crippen LogP contribution in [0, 0.1) is 6.92 Å². The van der Waals surface area contributed by atoms with Crippen LogP contribution in [0.25, 0.3) is 11.3 Å². The lowest BCUT2D eigenvalue weighted by atomic mass is 10.2. The molecule has 3 aromatic rings. The molecule has 30 heavy (non-hydrogen) atoms. The Morgan fingerprint density at radius 2 is 1.93 bits per heavy atom. The van der Waals surface area contributed by atoms with Gasteiger partial charge in [-0.05, 0) is 37.3 Å². The number of aromatic nitrogens is 1. The van der Waals surface area contributed by atoms with Gasteiger partial charge in [0.05, 0.1) is 16.4 Å². The normalized spacial score (nSPS) is 16.6. The number of hydrogen-bond donors (Lipinski definition) is 2. The molecule has 1 unspecified atom stereocenters. The summed E-state index contributed by atoms with van der Waals surface area (Å²) in [6, 6.07) is 11.9. The molecular weight excluding hydrogens is 471 g/mol. The van der Waals surface area contributed by atoms with Crippen molar-refractivity contribution >= 4 is 61.4 Å². The van der Waals surface area contributed by atoms with Crippen LogP contribution in [0.3, 0.4) is 0 Å². The second-order valence-corrected chi connectivity index (χ2v) is 9.82. The van der Waals surface area contributed by atoms with E-state index in [1.54, 1.807) is 47.8 Å². The number of benzene rings is 2. The first-order valence-corrected chi connectivity index (χ1v) is 11.7. The first-order chi connectivity index (χ1) is 14.2. The second-order valence-electron chi connectivity index (χ2n) is 6.38. The summed E-state index contributed by atoms with van der Waals surface area (Å²) in [5.74, 6) is -0.958. The Morgan fingerprint density at radius 3 is 2.63 bits per heavy atom. The Bertz CT molecular complexity index is 1220. The van der Waals surface area contributed by atoms with Crippen molar-refractivity contribution in [3.8, 4) is 11.3 Å². The smallest absolute Gasteiger partial charge is 0.347 e. The van der Waals surface area contributed by atoms with Crippen molar-refractivity contribution in [1.82, 2.24) is 10.6 Å². The Labute approximate surface area is 186 Å². The molecule has 0 bridgehead atoms. The molecule has 156 valence electrons. The third-order valence-electron chi connectivity index (χ3n) is 4.23. The highest BCUT2D eigenvalue weighted by molar-refractivity contribution is 7.94. The van der Waals surface area contributed by atoms with E-state index in [-0.39, 0.29) is 5.13 Å². The molecule has 8 nitrogen and oxygen atoms in total. The van der Waals surface area contributed by atoms with E-state index >= 15 is 0 Å². The minimum absolute atomic E-state index is 0.0829. The molecule has 2 heterocycles. The molecule has 4 rings (SSSR count).